The molecule has 13 N–H and O–H groups in total. The summed E-state index contributed by atoms with van der Waals surface area (Å²) in [7, 11) is -21.2. The number of nitrogens with zero attached hydrogens (tertiary/aromatic N) is 7. The van der Waals surface area contributed by atoms with Crippen LogP contribution in [-0.4, -0.2) is 149 Å². The highest BCUT2D eigenvalue weighted by Crippen LogP contribution is 2.68. The number of nitrogens with one attached hydrogen (secondary N) is 3. The van der Waals surface area contributed by atoms with E-state index in [0.29, 0.717) is 4.57 Å². The molecule has 4 unspecified atom stereocenters. The molecule has 0 aliphatic carbocycles. The third-order valence-corrected chi connectivity index (χ3v) is 16.9. The highest BCUT2D eigenvalue weighted by atomic mass is 31.3. The molecule has 3 saturated heterocycles. The summed E-state index contributed by atoms with van der Waals surface area (Å²) in [5.74, 6) is -1.44. The number of fused-ring (bicyclic) bond motifs is 2. The molecule has 0 amide bonds. The van der Waals surface area contributed by atoms with Gasteiger partial charge in [0.25, 0.3) is 30.4 Å². The minimum Gasteiger partial charge on any atom is -0.756 e. The maximum absolute atomic E-state index is 13.4. The fourth-order valence-electron chi connectivity index (χ4n) is 8.44. The number of aliphatic hydroxyl groups is 3. The quantitative estimate of drug-likeness (QED) is 0.0258. The molecule has 8 rings (SSSR count). The van der Waals surface area contributed by atoms with Gasteiger partial charge < -0.3 is 74.4 Å². The number of nitrogen functional groups attached to an aromatic ring is 2. The van der Waals surface area contributed by atoms with Crippen LogP contribution in [0.4, 0.5) is 11.9 Å². The second-order valence-corrected chi connectivity index (χ2v) is 22.5. The number of aryl methyl sites for hydroxylation is 1. The Morgan fingerprint density at radius 2 is 1.41 bits per heavy atom. The van der Waals surface area contributed by atoms with Crippen LogP contribution in [0.15, 0.2) is 44.1 Å². The van der Waals surface area contributed by atoms with Crippen LogP contribution in [0.3, 0.4) is 0 Å². The highest BCUT2D eigenvalue weighted by Gasteiger charge is 2.52. The summed E-state index contributed by atoms with van der Waals surface area (Å²) in [6.07, 6.45) is -14.8. The van der Waals surface area contributed by atoms with Crippen LogP contribution in [0, 0.1) is 5.92 Å². The highest BCUT2D eigenvalue weighted by molar-refractivity contribution is 7.66. The molecule has 74 heavy (non-hydrogen) atoms. The van der Waals surface area contributed by atoms with E-state index < -0.39 is 147 Å². The Hall–Kier alpha value is -4.78. The number of rotatable bonds is 20. The number of aliphatic hydroxyl groups excluding tert-OH is 3. The van der Waals surface area contributed by atoms with Crippen molar-refractivity contribution >= 4 is 65.5 Å². The SMILES string of the molecule is CC[C@H]1[C@@H](O)[C@H]([n+]2cn(C)c3c(=O)[nH]c(N)nc32)O[C@@H]1COP(=O)(O)OP(=O)(O)OP(=O)(O)OC[C@H]1O[C@@H](n2ccc(=O)[nH]c2=O)[C@H](OC)[C@@H]1OP(=O)([O-])OC[C@H]1O[C@@H](n2cnc3c(=O)[nH]c(N)nc32)[C@H](O)[C@@H]1O. The van der Waals surface area contributed by atoms with E-state index in [-0.39, 0.29) is 40.6 Å². The lowest BCUT2D eigenvalue weighted by Crippen LogP contribution is -2.45. The van der Waals surface area contributed by atoms with E-state index >= 15 is 0 Å². The monoisotopic (exact) mass is 1130 g/mol. The molecule has 0 aromatic carbocycles. The molecule has 0 radical (unpaired) electrons. The number of phosphoric ester groups is 3. The van der Waals surface area contributed by atoms with Crippen molar-refractivity contribution in [2.24, 2.45) is 13.0 Å². The number of anilines is 2. The van der Waals surface area contributed by atoms with Crippen LogP contribution in [0.2, 0.25) is 0 Å². The van der Waals surface area contributed by atoms with Crippen LogP contribution >= 0.6 is 31.3 Å². The van der Waals surface area contributed by atoms with Gasteiger partial charge in [-0.25, -0.2) is 28.0 Å². The minimum atomic E-state index is -6.19. The number of nitrogens with two attached hydrogens (primary N) is 2. The van der Waals surface area contributed by atoms with Crippen LogP contribution < -0.4 is 43.3 Å². The molecule has 37 nitrogen and oxygen atoms in total. The molecule has 3 fully saturated rings. The van der Waals surface area contributed by atoms with Crippen molar-refractivity contribution in [2.45, 2.75) is 80.9 Å². The number of hydrogen-bond acceptors (Lipinski definition) is 27. The molecule has 3 aliphatic heterocycles. The minimum absolute atomic E-state index is 0.000871. The fraction of sp³-hybridized carbons (Fsp3) is 0.576. The maximum atomic E-state index is 13.4. The van der Waals surface area contributed by atoms with Crippen molar-refractivity contribution < 1.29 is 103 Å². The number of methoxy groups -OCH3 is 1. The van der Waals surface area contributed by atoms with Gasteiger partial charge in [-0.15, -0.1) is 0 Å². The standard InChI is InChI=1S/C33H46N12O25P4/c1-4-12-13(65-28(19(12)47)45-11-42(2)18-25(45)39-32(35)41-27(18)51)7-63-72(55,56)69-74(59,60)70-73(57,58)64-9-15-22(23(61-3)30(67-15)43-6-5-16(46)37-33(43)52)68-71(53,54)62-8-14-20(48)21(49)29(66-14)44-10-36-17-24(44)38-31(34)40-26(17)50/h5-6,10-15,19-23,28-30,47-49H,4,7-9H2,1-3H3,(H10-,34,35,37,38,39,40,41,46,50,51,52,53,54,55,56,57,58,59,60)/t12-,13-,14-,15-,19-,20-,21-,22-,23-,28-,29-,30-/m1/s1. The first-order valence-corrected chi connectivity index (χ1v) is 27.2. The van der Waals surface area contributed by atoms with Crippen LogP contribution in [0.25, 0.3) is 22.3 Å². The molecule has 0 bridgehead atoms. The normalized spacial score (nSPS) is 30.6. The van der Waals surface area contributed by atoms with E-state index in [4.69, 9.17) is 48.5 Å². The number of phosphoric acid groups is 4. The summed E-state index contributed by atoms with van der Waals surface area (Å²) in [6, 6.07) is 0.856. The fourth-order valence-corrected chi connectivity index (χ4v) is 12.9. The predicted molar refractivity (Wildman–Crippen MR) is 236 cm³/mol. The number of imidazole rings is 2. The largest absolute Gasteiger partial charge is 0.756 e. The Bertz CT molecular complexity index is 3370. The zero-order valence-corrected chi connectivity index (χ0v) is 41.7. The molecule has 5 aromatic heterocycles. The van der Waals surface area contributed by atoms with E-state index in [9.17, 15) is 72.3 Å². The summed E-state index contributed by atoms with van der Waals surface area (Å²) in [4.78, 5) is 113. The molecule has 16 atom stereocenters. The zero-order chi connectivity index (χ0) is 54.0. The number of hydrogen-bond donors (Lipinski definition) is 11. The first kappa shape index (κ1) is 55.5. The molecule has 0 spiro atoms. The molecular formula is C33H46N12O25P4. The predicted octanol–water partition coefficient (Wildman–Crippen LogP) is -4.55. The average molecular weight is 1130 g/mol. The Balaban J connectivity index is 0.922. The molecular weight excluding hydrogens is 1090 g/mol. The first-order valence-electron chi connectivity index (χ1n) is 21.3. The molecule has 408 valence electrons. The molecule has 3 aliphatic rings. The van der Waals surface area contributed by atoms with Crippen molar-refractivity contribution in [2.75, 3.05) is 38.4 Å². The van der Waals surface area contributed by atoms with Crippen molar-refractivity contribution in [3.63, 3.8) is 0 Å². The second kappa shape index (κ2) is 21.0. The third-order valence-electron chi connectivity index (χ3n) is 11.7. The van der Waals surface area contributed by atoms with Crippen LogP contribution in [0.5, 0.6) is 0 Å². The second-order valence-electron chi connectivity index (χ2n) is 16.5. The number of ether oxygens (including phenoxy) is 4. The van der Waals surface area contributed by atoms with Gasteiger partial charge in [-0.2, -0.15) is 13.6 Å². The third kappa shape index (κ3) is 11.5. The lowest BCUT2D eigenvalue weighted by atomic mass is 9.95. The summed E-state index contributed by atoms with van der Waals surface area (Å²) in [5, 5.41) is 32.8. The summed E-state index contributed by atoms with van der Waals surface area (Å²) in [5.41, 5.74) is 7.60. The zero-order valence-electron chi connectivity index (χ0n) is 38.1. The van der Waals surface area contributed by atoms with Gasteiger partial charge in [-0.3, -0.25) is 56.6 Å². The van der Waals surface area contributed by atoms with E-state index in [2.05, 4.69) is 33.5 Å². The van der Waals surface area contributed by atoms with Crippen LogP contribution in [-0.2, 0) is 71.0 Å². The molecule has 5 aromatic rings. The van der Waals surface area contributed by atoms with Gasteiger partial charge in [0.1, 0.15) is 42.7 Å². The molecule has 41 heteroatoms. The van der Waals surface area contributed by atoms with E-state index in [1.807, 2.05) is 4.98 Å². The van der Waals surface area contributed by atoms with E-state index in [0.717, 1.165) is 30.3 Å². The lowest BCUT2D eigenvalue weighted by molar-refractivity contribution is -0.745. The van der Waals surface area contributed by atoms with Gasteiger partial charge in [0, 0.05) is 25.3 Å². The number of H-pyrrole nitrogens is 3. The Morgan fingerprint density at radius 1 is 0.784 bits per heavy atom. The Kier molecular flexibility index (Phi) is 15.7. The molecule has 0 saturated carbocycles. The average Bonchev–Trinajstić information content (AvgIpc) is 4.09. The van der Waals surface area contributed by atoms with Gasteiger partial charge >= 0.3 is 34.8 Å². The van der Waals surface area contributed by atoms with Gasteiger partial charge in [0.05, 0.1) is 39.3 Å². The Morgan fingerprint density at radius 3 is 2.05 bits per heavy atom. The maximum Gasteiger partial charge on any atom is 0.490 e. The van der Waals surface area contributed by atoms with Crippen molar-refractivity contribution in [1.82, 2.24) is 43.6 Å². The topological polar surface area (TPSA) is 530 Å². The number of aromatic nitrogens is 10. The smallest absolute Gasteiger partial charge is 0.490 e. The van der Waals surface area contributed by atoms with Gasteiger partial charge in [-0.05, 0) is 6.42 Å². The molecule has 8 heterocycles. The number of aromatic amines is 3. The van der Waals surface area contributed by atoms with Gasteiger partial charge in [-0.1, -0.05) is 11.9 Å². The summed E-state index contributed by atoms with van der Waals surface area (Å²) >= 11 is 0. The van der Waals surface area contributed by atoms with Crippen LogP contribution in [0.1, 0.15) is 32.0 Å². The van der Waals surface area contributed by atoms with Gasteiger partial charge in [0.2, 0.25) is 17.7 Å². The van der Waals surface area contributed by atoms with Crippen molar-refractivity contribution in [3.05, 3.63) is 66.5 Å². The summed E-state index contributed by atoms with van der Waals surface area (Å²) < 4.78 is 108. The van der Waals surface area contributed by atoms with Crippen molar-refractivity contribution in [1.29, 1.82) is 0 Å². The van der Waals surface area contributed by atoms with E-state index in [1.165, 1.54) is 22.5 Å². The summed E-state index contributed by atoms with van der Waals surface area (Å²) in [6.45, 7) is -1.73. The lowest BCUT2D eigenvalue weighted by Gasteiger charge is -2.31. The van der Waals surface area contributed by atoms with Crippen molar-refractivity contribution in [3.8, 4) is 0 Å². The van der Waals surface area contributed by atoms with Gasteiger partial charge in [0.15, 0.2) is 29.9 Å². The first-order chi connectivity index (χ1) is 34.6. The Labute approximate surface area is 410 Å². The van der Waals surface area contributed by atoms with E-state index in [1.54, 1.807) is 6.92 Å².